The maximum atomic E-state index is 12.4. The van der Waals surface area contributed by atoms with E-state index in [-0.39, 0.29) is 18.4 Å². The third-order valence-electron chi connectivity index (χ3n) is 3.81. The van der Waals surface area contributed by atoms with E-state index in [0.717, 1.165) is 12.1 Å². The first-order valence-electron chi connectivity index (χ1n) is 6.99. The molecule has 5 nitrogen and oxygen atoms in total. The number of benzene rings is 1. The number of halogens is 2. The predicted octanol–water partition coefficient (Wildman–Crippen LogP) is 2.63. The molecule has 0 bridgehead atoms. The number of aliphatic hydroxyl groups excluding tert-OH is 1. The van der Waals surface area contributed by atoms with Gasteiger partial charge in [0, 0.05) is 31.8 Å². The number of amides is 1. The summed E-state index contributed by atoms with van der Waals surface area (Å²) in [5.74, 6) is 0.0517. The van der Waals surface area contributed by atoms with E-state index in [2.05, 4.69) is 5.10 Å². The van der Waals surface area contributed by atoms with Crippen LogP contribution < -0.4 is 0 Å². The molecule has 2 aromatic rings. The molecule has 1 aliphatic heterocycles. The maximum Gasteiger partial charge on any atom is 0.274 e. The summed E-state index contributed by atoms with van der Waals surface area (Å²) in [5.41, 5.74) is 1.12. The minimum Gasteiger partial charge on any atom is -0.396 e. The van der Waals surface area contributed by atoms with Gasteiger partial charge in [-0.2, -0.15) is 5.10 Å². The molecule has 0 aliphatic carbocycles. The van der Waals surface area contributed by atoms with Gasteiger partial charge in [-0.15, -0.1) is 0 Å². The van der Waals surface area contributed by atoms with Crippen molar-refractivity contribution in [1.82, 2.24) is 14.7 Å². The van der Waals surface area contributed by atoms with Crippen molar-refractivity contribution in [3.8, 4) is 5.69 Å². The van der Waals surface area contributed by atoms with Crippen molar-refractivity contribution in [2.45, 2.75) is 6.42 Å². The lowest BCUT2D eigenvalue weighted by Gasteiger charge is -2.14. The van der Waals surface area contributed by atoms with Crippen LogP contribution in [0.1, 0.15) is 16.9 Å². The molecule has 7 heteroatoms. The number of carbonyl (C=O) groups is 1. The molecule has 22 heavy (non-hydrogen) atoms. The number of aliphatic hydroxyl groups is 1. The number of likely N-dealkylation sites (tertiary alicyclic amines) is 1. The summed E-state index contributed by atoms with van der Waals surface area (Å²) in [6.45, 7) is 1.35. The van der Waals surface area contributed by atoms with Gasteiger partial charge in [-0.1, -0.05) is 23.2 Å². The first-order chi connectivity index (χ1) is 10.6. The van der Waals surface area contributed by atoms with E-state index in [0.29, 0.717) is 28.8 Å². The van der Waals surface area contributed by atoms with Crippen molar-refractivity contribution in [3.05, 3.63) is 46.2 Å². The van der Waals surface area contributed by atoms with E-state index in [1.165, 1.54) is 0 Å². The molecule has 116 valence electrons. The van der Waals surface area contributed by atoms with Crippen LogP contribution in [0.2, 0.25) is 10.0 Å². The van der Waals surface area contributed by atoms with Crippen LogP contribution in [0.25, 0.3) is 5.69 Å². The minimum atomic E-state index is -0.116. The Labute approximate surface area is 138 Å². The summed E-state index contributed by atoms with van der Waals surface area (Å²) in [7, 11) is 0. The highest BCUT2D eigenvalue weighted by atomic mass is 35.5. The number of nitrogens with zero attached hydrogens (tertiary/aromatic N) is 3. The van der Waals surface area contributed by atoms with Crippen LogP contribution >= 0.6 is 23.2 Å². The van der Waals surface area contributed by atoms with E-state index in [1.54, 1.807) is 40.0 Å². The smallest absolute Gasteiger partial charge is 0.274 e. The van der Waals surface area contributed by atoms with Gasteiger partial charge in [0.15, 0.2) is 5.69 Å². The first-order valence-corrected chi connectivity index (χ1v) is 7.75. The number of aromatic nitrogens is 2. The molecule has 2 heterocycles. The van der Waals surface area contributed by atoms with Gasteiger partial charge in [-0.3, -0.25) is 4.79 Å². The molecular formula is C15H15Cl2N3O2. The maximum absolute atomic E-state index is 12.4. The number of hydrogen-bond acceptors (Lipinski definition) is 3. The van der Waals surface area contributed by atoms with Crippen molar-refractivity contribution in [3.63, 3.8) is 0 Å². The van der Waals surface area contributed by atoms with Crippen LogP contribution in [0.15, 0.2) is 30.5 Å². The average Bonchev–Trinajstić information content (AvgIpc) is 3.18. The van der Waals surface area contributed by atoms with Gasteiger partial charge in [0.1, 0.15) is 0 Å². The van der Waals surface area contributed by atoms with E-state index in [4.69, 9.17) is 28.3 Å². The van der Waals surface area contributed by atoms with Crippen molar-refractivity contribution in [2.75, 3.05) is 19.7 Å². The van der Waals surface area contributed by atoms with E-state index in [9.17, 15) is 4.79 Å². The zero-order chi connectivity index (χ0) is 15.7. The number of carbonyl (C=O) groups excluding carboxylic acids is 1. The first kappa shape index (κ1) is 15.3. The number of hydrogen-bond donors (Lipinski definition) is 1. The second-order valence-electron chi connectivity index (χ2n) is 5.33. The van der Waals surface area contributed by atoms with Gasteiger partial charge < -0.3 is 10.0 Å². The third kappa shape index (κ3) is 2.97. The standard InChI is InChI=1S/C15H15Cl2N3O2/c16-12-2-1-11(7-13(12)17)20-6-4-14(18-20)15(22)19-5-3-10(8-19)9-21/h1-2,4,6-7,10,21H,3,5,8-9H2. The van der Waals surface area contributed by atoms with Crippen molar-refractivity contribution < 1.29 is 9.90 Å². The molecule has 1 N–H and O–H groups in total. The molecule has 0 spiro atoms. The summed E-state index contributed by atoms with van der Waals surface area (Å²) in [6, 6.07) is 6.85. The van der Waals surface area contributed by atoms with Crippen LogP contribution in [0.5, 0.6) is 0 Å². The Morgan fingerprint density at radius 3 is 2.82 bits per heavy atom. The van der Waals surface area contributed by atoms with Gasteiger partial charge >= 0.3 is 0 Å². The minimum absolute atomic E-state index is 0.113. The lowest BCUT2D eigenvalue weighted by Crippen LogP contribution is -2.29. The fraction of sp³-hybridized carbons (Fsp3) is 0.333. The summed E-state index contributed by atoms with van der Waals surface area (Å²) >= 11 is 11.9. The zero-order valence-corrected chi connectivity index (χ0v) is 13.3. The molecule has 1 atom stereocenters. The molecule has 1 aliphatic rings. The van der Waals surface area contributed by atoms with Crippen LogP contribution in [0, 0.1) is 5.92 Å². The summed E-state index contributed by atoms with van der Waals surface area (Å²) in [5, 5.41) is 14.4. The Morgan fingerprint density at radius 1 is 1.32 bits per heavy atom. The molecule has 1 amide bonds. The third-order valence-corrected chi connectivity index (χ3v) is 4.55. The molecule has 1 fully saturated rings. The Bertz CT molecular complexity index is 702. The summed E-state index contributed by atoms with van der Waals surface area (Å²) in [4.78, 5) is 14.1. The van der Waals surface area contributed by atoms with Gasteiger partial charge in [0.2, 0.25) is 0 Å². The van der Waals surface area contributed by atoms with Gasteiger partial charge in [-0.25, -0.2) is 4.68 Å². The Balaban J connectivity index is 1.78. The molecule has 3 rings (SSSR count). The van der Waals surface area contributed by atoms with Crippen LogP contribution in [0.3, 0.4) is 0 Å². The molecule has 1 unspecified atom stereocenters. The zero-order valence-electron chi connectivity index (χ0n) is 11.7. The molecule has 1 aromatic carbocycles. The SMILES string of the molecule is O=C(c1ccn(-c2ccc(Cl)c(Cl)c2)n1)N1CCC(CO)C1. The second kappa shape index (κ2) is 6.28. The van der Waals surface area contributed by atoms with E-state index >= 15 is 0 Å². The highest BCUT2D eigenvalue weighted by Gasteiger charge is 2.27. The Hall–Kier alpha value is -1.56. The molecule has 1 saturated heterocycles. The largest absolute Gasteiger partial charge is 0.396 e. The van der Waals surface area contributed by atoms with Gasteiger partial charge in [0.05, 0.1) is 15.7 Å². The second-order valence-corrected chi connectivity index (χ2v) is 6.15. The molecule has 0 radical (unpaired) electrons. The molecule has 1 aromatic heterocycles. The van der Waals surface area contributed by atoms with Crippen LogP contribution in [-0.2, 0) is 0 Å². The van der Waals surface area contributed by atoms with E-state index < -0.39 is 0 Å². The Morgan fingerprint density at radius 2 is 2.14 bits per heavy atom. The normalized spacial score (nSPS) is 18.0. The Kier molecular flexibility index (Phi) is 4.38. The molecular weight excluding hydrogens is 325 g/mol. The van der Waals surface area contributed by atoms with Gasteiger partial charge in [-0.05, 0) is 30.7 Å². The lowest BCUT2D eigenvalue weighted by molar-refractivity contribution is 0.0775. The van der Waals surface area contributed by atoms with Crippen LogP contribution in [0.4, 0.5) is 0 Å². The quantitative estimate of drug-likeness (QED) is 0.935. The average molecular weight is 340 g/mol. The summed E-state index contributed by atoms with van der Waals surface area (Å²) in [6.07, 6.45) is 2.54. The number of rotatable bonds is 3. The monoisotopic (exact) mass is 339 g/mol. The predicted molar refractivity (Wildman–Crippen MR) is 84.7 cm³/mol. The highest BCUT2D eigenvalue weighted by molar-refractivity contribution is 6.42. The highest BCUT2D eigenvalue weighted by Crippen LogP contribution is 2.24. The van der Waals surface area contributed by atoms with Crippen molar-refractivity contribution in [1.29, 1.82) is 0 Å². The van der Waals surface area contributed by atoms with Crippen molar-refractivity contribution >= 4 is 29.1 Å². The van der Waals surface area contributed by atoms with Gasteiger partial charge in [0.25, 0.3) is 5.91 Å². The fourth-order valence-electron chi connectivity index (χ4n) is 2.54. The molecule has 0 saturated carbocycles. The van der Waals surface area contributed by atoms with Crippen molar-refractivity contribution in [2.24, 2.45) is 5.92 Å². The lowest BCUT2D eigenvalue weighted by atomic mass is 10.1. The van der Waals surface area contributed by atoms with Crippen LogP contribution in [-0.4, -0.2) is 45.4 Å². The summed E-state index contributed by atoms with van der Waals surface area (Å²) < 4.78 is 1.59. The topological polar surface area (TPSA) is 58.4 Å². The fourth-order valence-corrected chi connectivity index (χ4v) is 2.83. The van der Waals surface area contributed by atoms with E-state index in [1.807, 2.05) is 0 Å².